The summed E-state index contributed by atoms with van der Waals surface area (Å²) in [7, 11) is 0. The monoisotopic (exact) mass is 188 g/mol. The first-order valence-electron chi connectivity index (χ1n) is 5.30. The summed E-state index contributed by atoms with van der Waals surface area (Å²) in [5.41, 5.74) is 2.56. The molecule has 14 heavy (non-hydrogen) atoms. The van der Waals surface area contributed by atoms with Gasteiger partial charge < -0.3 is 5.11 Å². The van der Waals surface area contributed by atoms with E-state index < -0.39 is 0 Å². The molecule has 0 spiro atoms. The molecule has 1 aliphatic rings. The van der Waals surface area contributed by atoms with Crippen molar-refractivity contribution in [3.8, 4) is 0 Å². The van der Waals surface area contributed by atoms with Crippen LogP contribution in [0.2, 0.25) is 0 Å². The van der Waals surface area contributed by atoms with Crippen molar-refractivity contribution in [3.63, 3.8) is 0 Å². The van der Waals surface area contributed by atoms with Crippen molar-refractivity contribution < 1.29 is 5.11 Å². The molecule has 0 aliphatic heterocycles. The maximum atomic E-state index is 9.64. The van der Waals surface area contributed by atoms with Crippen LogP contribution < -0.4 is 0 Å². The van der Waals surface area contributed by atoms with Crippen molar-refractivity contribution >= 4 is 5.57 Å². The van der Waals surface area contributed by atoms with Crippen molar-refractivity contribution in [1.82, 2.24) is 0 Å². The maximum Gasteiger partial charge on any atom is 0.0726 e. The van der Waals surface area contributed by atoms with Crippen LogP contribution in [0.3, 0.4) is 0 Å². The molecule has 0 bridgehead atoms. The second kappa shape index (κ2) is 4.43. The molecule has 0 unspecified atom stereocenters. The lowest BCUT2D eigenvalue weighted by atomic mass is 10.0. The maximum absolute atomic E-state index is 9.64. The van der Waals surface area contributed by atoms with Gasteiger partial charge in [-0.3, -0.25) is 0 Å². The van der Waals surface area contributed by atoms with E-state index in [1.807, 2.05) is 24.3 Å². The Hall–Kier alpha value is -1.08. The van der Waals surface area contributed by atoms with Crippen LogP contribution in [0.4, 0.5) is 0 Å². The average molecular weight is 188 g/mol. The lowest BCUT2D eigenvalue weighted by Gasteiger charge is -2.05. The summed E-state index contributed by atoms with van der Waals surface area (Å²) in [5, 5.41) is 9.64. The van der Waals surface area contributed by atoms with Crippen molar-refractivity contribution in [1.29, 1.82) is 0 Å². The van der Waals surface area contributed by atoms with Gasteiger partial charge in [0, 0.05) is 0 Å². The van der Waals surface area contributed by atoms with Gasteiger partial charge in [-0.15, -0.1) is 0 Å². The quantitative estimate of drug-likeness (QED) is 0.718. The molecule has 2 rings (SSSR count). The van der Waals surface area contributed by atoms with Gasteiger partial charge in [0.1, 0.15) is 0 Å². The largest absolute Gasteiger partial charge is 0.389 e. The van der Waals surface area contributed by atoms with E-state index in [4.69, 9.17) is 0 Å². The van der Waals surface area contributed by atoms with Gasteiger partial charge in [-0.25, -0.2) is 0 Å². The molecular formula is C13H16O. The van der Waals surface area contributed by atoms with Crippen LogP contribution in [0.1, 0.15) is 31.2 Å². The molecule has 0 saturated carbocycles. The standard InChI is InChI=1S/C13H16O/c14-13-9-5-4-8-12(10-13)11-6-2-1-3-7-11/h1-3,6-7,10,13-14H,4-5,8-9H2/t13-/m0/s1. The molecule has 1 aromatic rings. The Morgan fingerprint density at radius 1 is 1.07 bits per heavy atom. The summed E-state index contributed by atoms with van der Waals surface area (Å²) < 4.78 is 0. The Kier molecular flexibility index (Phi) is 3.00. The summed E-state index contributed by atoms with van der Waals surface area (Å²) in [4.78, 5) is 0. The molecule has 1 aliphatic carbocycles. The smallest absolute Gasteiger partial charge is 0.0726 e. The molecule has 0 heterocycles. The van der Waals surface area contributed by atoms with E-state index in [0.29, 0.717) is 0 Å². The topological polar surface area (TPSA) is 20.2 Å². The van der Waals surface area contributed by atoms with Crippen molar-refractivity contribution in [2.24, 2.45) is 0 Å². The molecule has 1 heteroatoms. The average Bonchev–Trinajstić information content (AvgIpc) is 2.44. The lowest BCUT2D eigenvalue weighted by Crippen LogP contribution is -1.99. The first-order valence-corrected chi connectivity index (χ1v) is 5.30. The van der Waals surface area contributed by atoms with Gasteiger partial charge in [0.2, 0.25) is 0 Å². The zero-order valence-corrected chi connectivity index (χ0v) is 8.32. The second-order valence-electron chi connectivity index (χ2n) is 3.87. The van der Waals surface area contributed by atoms with Gasteiger partial charge in [-0.05, 0) is 30.4 Å². The third-order valence-corrected chi connectivity index (χ3v) is 2.73. The highest BCUT2D eigenvalue weighted by Crippen LogP contribution is 2.25. The van der Waals surface area contributed by atoms with E-state index in [1.165, 1.54) is 17.6 Å². The molecule has 1 N–H and O–H groups in total. The summed E-state index contributed by atoms with van der Waals surface area (Å²) in [5.74, 6) is 0. The third-order valence-electron chi connectivity index (χ3n) is 2.73. The minimum Gasteiger partial charge on any atom is -0.389 e. The Morgan fingerprint density at radius 2 is 1.86 bits per heavy atom. The number of aliphatic hydroxyl groups is 1. The summed E-state index contributed by atoms with van der Waals surface area (Å²) in [6.45, 7) is 0. The normalized spacial score (nSPS) is 22.6. The predicted molar refractivity (Wildman–Crippen MR) is 58.9 cm³/mol. The van der Waals surface area contributed by atoms with Crippen LogP contribution in [0.5, 0.6) is 0 Å². The molecule has 0 radical (unpaired) electrons. The molecule has 1 nitrogen and oxygen atoms in total. The fraction of sp³-hybridized carbons (Fsp3) is 0.385. The lowest BCUT2D eigenvalue weighted by molar-refractivity contribution is 0.211. The molecule has 0 aromatic heterocycles. The molecule has 74 valence electrons. The van der Waals surface area contributed by atoms with Crippen LogP contribution in [-0.4, -0.2) is 11.2 Å². The van der Waals surface area contributed by atoms with Crippen LogP contribution in [-0.2, 0) is 0 Å². The van der Waals surface area contributed by atoms with Crippen LogP contribution in [0.15, 0.2) is 36.4 Å². The first kappa shape index (κ1) is 9.47. The minimum absolute atomic E-state index is 0.243. The van der Waals surface area contributed by atoms with Crippen LogP contribution in [0, 0.1) is 0 Å². The Morgan fingerprint density at radius 3 is 2.64 bits per heavy atom. The highest BCUT2D eigenvalue weighted by Gasteiger charge is 2.09. The molecule has 1 aromatic carbocycles. The van der Waals surface area contributed by atoms with Crippen molar-refractivity contribution in [2.45, 2.75) is 31.8 Å². The fourth-order valence-electron chi connectivity index (χ4n) is 1.96. The zero-order chi connectivity index (χ0) is 9.80. The second-order valence-corrected chi connectivity index (χ2v) is 3.87. The van der Waals surface area contributed by atoms with Gasteiger partial charge in [-0.2, -0.15) is 0 Å². The van der Waals surface area contributed by atoms with Gasteiger partial charge >= 0.3 is 0 Å². The zero-order valence-electron chi connectivity index (χ0n) is 8.32. The van der Waals surface area contributed by atoms with Crippen molar-refractivity contribution in [3.05, 3.63) is 42.0 Å². The summed E-state index contributed by atoms with van der Waals surface area (Å²) >= 11 is 0. The SMILES string of the molecule is O[C@@H]1C=C(c2ccccc2)CCCC1. The van der Waals surface area contributed by atoms with Crippen LogP contribution >= 0.6 is 0 Å². The van der Waals surface area contributed by atoms with Crippen molar-refractivity contribution in [2.75, 3.05) is 0 Å². The highest BCUT2D eigenvalue weighted by atomic mass is 16.3. The highest BCUT2D eigenvalue weighted by molar-refractivity contribution is 5.66. The molecule has 0 saturated heterocycles. The predicted octanol–water partition coefficient (Wildman–Crippen LogP) is 3.00. The Balaban J connectivity index is 2.24. The van der Waals surface area contributed by atoms with E-state index in [9.17, 15) is 5.11 Å². The van der Waals surface area contributed by atoms with Gasteiger partial charge in [0.05, 0.1) is 6.10 Å². The third kappa shape index (κ3) is 2.24. The van der Waals surface area contributed by atoms with Gasteiger partial charge in [0.25, 0.3) is 0 Å². The molecular weight excluding hydrogens is 172 g/mol. The summed E-state index contributed by atoms with van der Waals surface area (Å²) in [6.07, 6.45) is 6.11. The van der Waals surface area contributed by atoms with Crippen LogP contribution in [0.25, 0.3) is 5.57 Å². The van der Waals surface area contributed by atoms with E-state index >= 15 is 0 Å². The Labute approximate surface area is 85.1 Å². The van der Waals surface area contributed by atoms with E-state index in [-0.39, 0.29) is 6.10 Å². The molecule has 0 fully saturated rings. The van der Waals surface area contributed by atoms with Gasteiger partial charge in [-0.1, -0.05) is 42.8 Å². The van der Waals surface area contributed by atoms with E-state index in [2.05, 4.69) is 12.1 Å². The Bertz CT molecular complexity index is 313. The number of aliphatic hydroxyl groups excluding tert-OH is 1. The minimum atomic E-state index is -0.243. The molecule has 0 amide bonds. The number of allylic oxidation sites excluding steroid dienone is 1. The molecule has 1 atom stereocenters. The summed E-state index contributed by atoms with van der Waals surface area (Å²) in [6, 6.07) is 10.4. The number of hydrogen-bond acceptors (Lipinski definition) is 1. The number of hydrogen-bond donors (Lipinski definition) is 1. The van der Waals surface area contributed by atoms with E-state index in [0.717, 1.165) is 19.3 Å². The van der Waals surface area contributed by atoms with E-state index in [1.54, 1.807) is 0 Å². The number of benzene rings is 1. The van der Waals surface area contributed by atoms with Gasteiger partial charge in [0.15, 0.2) is 0 Å². The number of rotatable bonds is 1. The first-order chi connectivity index (χ1) is 6.86. The fourth-order valence-corrected chi connectivity index (χ4v) is 1.96.